The highest BCUT2D eigenvalue weighted by Crippen LogP contribution is 2.34. The molecular weight excluding hydrogens is 418 g/mol. The summed E-state index contributed by atoms with van der Waals surface area (Å²) >= 11 is 0. The maximum Gasteiger partial charge on any atom is 0.301 e. The molecule has 0 spiro atoms. The minimum Gasteiger partial charge on any atom is -0.460 e. The van der Waals surface area contributed by atoms with Gasteiger partial charge in [0.05, 0.1) is 12.7 Å². The van der Waals surface area contributed by atoms with Crippen LogP contribution in [0.3, 0.4) is 0 Å². The number of carbonyl (C=O) groups excluding carboxylic acids is 1. The van der Waals surface area contributed by atoms with Crippen molar-refractivity contribution in [3.05, 3.63) is 46.2 Å². The molecule has 2 aromatic heterocycles. The SMILES string of the molecule is CC(C)C(=O)Nc1nc2c(nc(OCc3ccccc3)n2C2CC(O)C(CO)O2)c(=O)[nH]1. The van der Waals surface area contributed by atoms with Crippen molar-refractivity contribution in [2.45, 2.75) is 45.3 Å². The van der Waals surface area contributed by atoms with Crippen LogP contribution in [-0.4, -0.2) is 54.5 Å². The van der Waals surface area contributed by atoms with Gasteiger partial charge in [-0.2, -0.15) is 9.97 Å². The number of ether oxygens (including phenoxy) is 2. The van der Waals surface area contributed by atoms with E-state index in [1.807, 2.05) is 30.3 Å². The second-order valence-corrected chi connectivity index (χ2v) is 7.88. The molecule has 1 amide bonds. The lowest BCUT2D eigenvalue weighted by atomic mass is 10.2. The zero-order chi connectivity index (χ0) is 22.8. The van der Waals surface area contributed by atoms with Gasteiger partial charge in [-0.25, -0.2) is 0 Å². The third-order valence-corrected chi connectivity index (χ3v) is 5.17. The van der Waals surface area contributed by atoms with Gasteiger partial charge in [-0.15, -0.1) is 0 Å². The number of amides is 1. The Labute approximate surface area is 183 Å². The number of aromatic amines is 1. The maximum absolute atomic E-state index is 12.7. The van der Waals surface area contributed by atoms with Crippen molar-refractivity contribution in [2.75, 3.05) is 11.9 Å². The lowest BCUT2D eigenvalue weighted by molar-refractivity contribution is -0.118. The van der Waals surface area contributed by atoms with Gasteiger partial charge in [0.2, 0.25) is 11.9 Å². The summed E-state index contributed by atoms with van der Waals surface area (Å²) in [6, 6.07) is 9.48. The maximum atomic E-state index is 12.7. The smallest absolute Gasteiger partial charge is 0.301 e. The number of imidazole rings is 1. The number of nitrogens with one attached hydrogen (secondary N) is 2. The minimum atomic E-state index is -0.911. The Bertz CT molecular complexity index is 1160. The van der Waals surface area contributed by atoms with E-state index >= 15 is 0 Å². The number of nitrogens with zero attached hydrogens (tertiary/aromatic N) is 3. The van der Waals surface area contributed by atoms with Crippen LogP contribution in [0.15, 0.2) is 35.1 Å². The summed E-state index contributed by atoms with van der Waals surface area (Å²) in [6.07, 6.45) is -2.34. The number of H-pyrrole nitrogens is 1. The van der Waals surface area contributed by atoms with Crippen molar-refractivity contribution in [3.8, 4) is 6.01 Å². The van der Waals surface area contributed by atoms with Gasteiger partial charge >= 0.3 is 6.01 Å². The zero-order valence-electron chi connectivity index (χ0n) is 17.7. The Kier molecular flexibility index (Phi) is 6.21. The fraction of sp³-hybridized carbons (Fsp3) is 0.429. The predicted octanol–water partition coefficient (Wildman–Crippen LogP) is 0.934. The van der Waals surface area contributed by atoms with Crippen LogP contribution >= 0.6 is 0 Å². The van der Waals surface area contributed by atoms with Crippen LogP contribution in [0.5, 0.6) is 6.01 Å². The number of aliphatic hydroxyl groups excluding tert-OH is 2. The van der Waals surface area contributed by atoms with Crippen LogP contribution in [0, 0.1) is 5.92 Å². The lowest BCUT2D eigenvalue weighted by Gasteiger charge is -2.17. The monoisotopic (exact) mass is 443 g/mol. The topological polar surface area (TPSA) is 152 Å². The summed E-state index contributed by atoms with van der Waals surface area (Å²) in [7, 11) is 0. The number of hydrogen-bond acceptors (Lipinski definition) is 8. The normalized spacial score (nSPS) is 20.7. The Balaban J connectivity index is 1.76. The first-order chi connectivity index (χ1) is 15.4. The van der Waals surface area contributed by atoms with E-state index < -0.39 is 24.0 Å². The Morgan fingerprint density at radius 3 is 2.75 bits per heavy atom. The molecule has 0 saturated carbocycles. The number of hydrogen-bond donors (Lipinski definition) is 4. The number of anilines is 1. The summed E-state index contributed by atoms with van der Waals surface area (Å²) in [5.41, 5.74) is 0.459. The molecule has 3 heterocycles. The van der Waals surface area contributed by atoms with Gasteiger partial charge in [0.1, 0.15) is 18.9 Å². The number of rotatable bonds is 7. The van der Waals surface area contributed by atoms with Gasteiger partial charge in [0.25, 0.3) is 5.56 Å². The van der Waals surface area contributed by atoms with E-state index in [0.29, 0.717) is 0 Å². The van der Waals surface area contributed by atoms with E-state index in [1.54, 1.807) is 13.8 Å². The zero-order valence-corrected chi connectivity index (χ0v) is 17.7. The highest BCUT2D eigenvalue weighted by molar-refractivity contribution is 5.91. The van der Waals surface area contributed by atoms with E-state index in [2.05, 4.69) is 20.3 Å². The summed E-state index contributed by atoms with van der Waals surface area (Å²) in [5, 5.41) is 22.3. The van der Waals surface area contributed by atoms with Crippen LogP contribution < -0.4 is 15.6 Å². The number of aromatic nitrogens is 4. The molecule has 0 aliphatic carbocycles. The molecule has 3 aromatic rings. The summed E-state index contributed by atoms with van der Waals surface area (Å²) < 4.78 is 13.1. The van der Waals surface area contributed by atoms with Crippen LogP contribution in [0.4, 0.5) is 5.95 Å². The standard InChI is InChI=1S/C21H25N5O6/c1-11(2)18(29)24-20-23-17-16(19(30)25-20)22-21(31-10-12-6-4-3-5-7-12)26(17)15-8-13(28)14(9-27)32-15/h3-7,11,13-15,27-28H,8-10H2,1-2H3,(H2,23,24,25,29,30). The van der Waals surface area contributed by atoms with Crippen molar-refractivity contribution < 1.29 is 24.5 Å². The quantitative estimate of drug-likeness (QED) is 0.421. The Morgan fingerprint density at radius 1 is 1.34 bits per heavy atom. The molecule has 3 unspecified atom stereocenters. The molecule has 11 heteroatoms. The number of aliphatic hydroxyl groups is 2. The average molecular weight is 443 g/mol. The highest BCUT2D eigenvalue weighted by atomic mass is 16.6. The fourth-order valence-electron chi connectivity index (χ4n) is 3.41. The van der Waals surface area contributed by atoms with Crippen LogP contribution in [0.2, 0.25) is 0 Å². The Morgan fingerprint density at radius 2 is 2.09 bits per heavy atom. The van der Waals surface area contributed by atoms with Crippen molar-refractivity contribution in [1.82, 2.24) is 19.5 Å². The van der Waals surface area contributed by atoms with Gasteiger partial charge in [0, 0.05) is 12.3 Å². The summed E-state index contributed by atoms with van der Waals surface area (Å²) in [6.45, 7) is 3.25. The summed E-state index contributed by atoms with van der Waals surface area (Å²) in [5.74, 6) is -0.662. The number of carbonyl (C=O) groups is 1. The third kappa shape index (κ3) is 4.35. The minimum absolute atomic E-state index is 0.00106. The Hall–Kier alpha value is -3.28. The van der Waals surface area contributed by atoms with E-state index in [9.17, 15) is 19.8 Å². The number of fused-ring (bicyclic) bond motifs is 1. The molecule has 1 aliphatic rings. The molecule has 3 atom stereocenters. The summed E-state index contributed by atoms with van der Waals surface area (Å²) in [4.78, 5) is 35.9. The van der Waals surface area contributed by atoms with Crippen LogP contribution in [0.1, 0.15) is 32.1 Å². The predicted molar refractivity (Wildman–Crippen MR) is 114 cm³/mol. The van der Waals surface area contributed by atoms with Crippen molar-refractivity contribution in [1.29, 1.82) is 0 Å². The van der Waals surface area contributed by atoms with Crippen molar-refractivity contribution >= 4 is 23.0 Å². The van der Waals surface area contributed by atoms with E-state index in [1.165, 1.54) is 4.57 Å². The van der Waals surface area contributed by atoms with Crippen molar-refractivity contribution in [2.24, 2.45) is 5.92 Å². The molecule has 0 radical (unpaired) electrons. The molecular formula is C21H25N5O6. The molecule has 0 bridgehead atoms. The molecule has 1 aliphatic heterocycles. The van der Waals surface area contributed by atoms with Gasteiger partial charge in [-0.1, -0.05) is 44.2 Å². The van der Waals surface area contributed by atoms with Crippen LogP contribution in [-0.2, 0) is 16.1 Å². The van der Waals surface area contributed by atoms with E-state index in [4.69, 9.17) is 9.47 Å². The molecule has 170 valence electrons. The third-order valence-electron chi connectivity index (χ3n) is 5.17. The second-order valence-electron chi connectivity index (χ2n) is 7.88. The molecule has 4 rings (SSSR count). The van der Waals surface area contributed by atoms with Gasteiger partial charge < -0.3 is 19.7 Å². The molecule has 11 nitrogen and oxygen atoms in total. The second kappa shape index (κ2) is 9.07. The first-order valence-electron chi connectivity index (χ1n) is 10.3. The van der Waals surface area contributed by atoms with Crippen molar-refractivity contribution in [3.63, 3.8) is 0 Å². The largest absolute Gasteiger partial charge is 0.460 e. The first kappa shape index (κ1) is 21.9. The molecule has 4 N–H and O–H groups in total. The molecule has 1 aromatic carbocycles. The van der Waals surface area contributed by atoms with E-state index in [0.717, 1.165) is 5.56 Å². The number of benzene rings is 1. The first-order valence-corrected chi connectivity index (χ1v) is 10.3. The van der Waals surface area contributed by atoms with E-state index in [-0.39, 0.29) is 54.6 Å². The molecule has 1 saturated heterocycles. The average Bonchev–Trinajstić information content (AvgIpc) is 3.32. The molecule has 1 fully saturated rings. The molecule has 32 heavy (non-hydrogen) atoms. The van der Waals surface area contributed by atoms with Gasteiger partial charge in [-0.05, 0) is 5.56 Å². The van der Waals surface area contributed by atoms with Crippen LogP contribution in [0.25, 0.3) is 11.2 Å². The van der Waals surface area contributed by atoms with Gasteiger partial charge in [-0.3, -0.25) is 24.5 Å². The van der Waals surface area contributed by atoms with Gasteiger partial charge in [0.15, 0.2) is 11.2 Å². The highest BCUT2D eigenvalue weighted by Gasteiger charge is 2.37. The lowest BCUT2D eigenvalue weighted by Crippen LogP contribution is -2.24. The fourth-order valence-corrected chi connectivity index (χ4v) is 3.41.